The molecule has 1 aliphatic heterocycles. The molecule has 2 amide bonds. The van der Waals surface area contributed by atoms with Crippen LogP contribution in [0.1, 0.15) is 28.0 Å². The highest BCUT2D eigenvalue weighted by Gasteiger charge is 2.31. The van der Waals surface area contributed by atoms with Crippen molar-refractivity contribution < 1.29 is 9.59 Å². The molecule has 138 valence electrons. The van der Waals surface area contributed by atoms with E-state index in [1.54, 1.807) is 11.0 Å². The zero-order valence-corrected chi connectivity index (χ0v) is 15.1. The normalized spacial score (nSPS) is 16.2. The molecule has 0 spiro atoms. The summed E-state index contributed by atoms with van der Waals surface area (Å²) in [6.07, 6.45) is 1.65. The van der Waals surface area contributed by atoms with Crippen molar-refractivity contribution in [3.8, 4) is 6.07 Å². The Hall–Kier alpha value is -3.72. The number of fused-ring (bicyclic) bond motifs is 1. The molecule has 1 unspecified atom stereocenters. The molecule has 4 rings (SSSR count). The van der Waals surface area contributed by atoms with Gasteiger partial charge in [0.2, 0.25) is 5.91 Å². The van der Waals surface area contributed by atoms with E-state index in [2.05, 4.69) is 28.5 Å². The number of pyridine rings is 1. The molecule has 1 saturated heterocycles. The van der Waals surface area contributed by atoms with Crippen LogP contribution in [0, 0.1) is 11.3 Å². The lowest BCUT2D eigenvalue weighted by Gasteiger charge is -2.18. The third-order valence-electron chi connectivity index (χ3n) is 4.93. The standard InChI is InChI=1S/C22H18N4O2/c23-11-18-9-8-16(12-24-18)22(28)25-19-10-21(27)26(14-19)13-17-6-3-5-15-4-1-2-7-20(15)17/h1-9,12,19H,10,13-14H2,(H,25,28). The van der Waals surface area contributed by atoms with Crippen LogP contribution in [0.5, 0.6) is 0 Å². The highest BCUT2D eigenvalue weighted by Crippen LogP contribution is 2.22. The lowest BCUT2D eigenvalue weighted by molar-refractivity contribution is -0.128. The van der Waals surface area contributed by atoms with Gasteiger partial charge in [-0.25, -0.2) is 4.98 Å². The fourth-order valence-electron chi connectivity index (χ4n) is 3.52. The topological polar surface area (TPSA) is 86.1 Å². The summed E-state index contributed by atoms with van der Waals surface area (Å²) in [5.41, 5.74) is 1.72. The van der Waals surface area contributed by atoms with Crippen molar-refractivity contribution in [2.45, 2.75) is 19.0 Å². The number of hydrogen-bond donors (Lipinski definition) is 1. The van der Waals surface area contributed by atoms with Crippen LogP contribution in [0.15, 0.2) is 60.8 Å². The zero-order valence-electron chi connectivity index (χ0n) is 15.1. The maximum absolute atomic E-state index is 12.5. The molecule has 1 aliphatic rings. The van der Waals surface area contributed by atoms with Gasteiger partial charge in [0.05, 0.1) is 11.6 Å². The van der Waals surface area contributed by atoms with Crippen LogP contribution >= 0.6 is 0 Å². The van der Waals surface area contributed by atoms with Crippen molar-refractivity contribution in [3.05, 3.63) is 77.6 Å². The molecule has 6 nitrogen and oxygen atoms in total. The lowest BCUT2D eigenvalue weighted by atomic mass is 10.0. The highest BCUT2D eigenvalue weighted by molar-refractivity contribution is 5.95. The molecule has 1 aromatic heterocycles. The number of likely N-dealkylation sites (tertiary alicyclic amines) is 1. The first-order valence-electron chi connectivity index (χ1n) is 9.05. The van der Waals surface area contributed by atoms with Crippen LogP contribution in [0.3, 0.4) is 0 Å². The summed E-state index contributed by atoms with van der Waals surface area (Å²) in [6, 6.07) is 18.9. The Bertz CT molecular complexity index is 1080. The summed E-state index contributed by atoms with van der Waals surface area (Å²) in [4.78, 5) is 30.5. The maximum atomic E-state index is 12.5. The number of rotatable bonds is 4. The average Bonchev–Trinajstić information content (AvgIpc) is 3.07. The summed E-state index contributed by atoms with van der Waals surface area (Å²) in [5, 5.41) is 14.0. The first-order chi connectivity index (χ1) is 13.6. The molecule has 2 aromatic carbocycles. The molecule has 0 bridgehead atoms. The summed E-state index contributed by atoms with van der Waals surface area (Å²) in [7, 11) is 0. The van der Waals surface area contributed by atoms with Gasteiger partial charge in [0.25, 0.3) is 5.91 Å². The number of nitrogens with zero attached hydrogens (tertiary/aromatic N) is 3. The number of nitrogens with one attached hydrogen (secondary N) is 1. The fraction of sp³-hybridized carbons (Fsp3) is 0.182. The number of carbonyl (C=O) groups is 2. The van der Waals surface area contributed by atoms with E-state index < -0.39 is 0 Å². The number of carbonyl (C=O) groups excluding carboxylic acids is 2. The Morgan fingerprint density at radius 1 is 1.18 bits per heavy atom. The molecule has 1 atom stereocenters. The first-order valence-corrected chi connectivity index (χ1v) is 9.05. The van der Waals surface area contributed by atoms with E-state index in [0.717, 1.165) is 16.3 Å². The molecular weight excluding hydrogens is 352 g/mol. The summed E-state index contributed by atoms with van der Waals surface area (Å²) >= 11 is 0. The van der Waals surface area contributed by atoms with Gasteiger partial charge in [0.1, 0.15) is 11.8 Å². The quantitative estimate of drug-likeness (QED) is 0.765. The van der Waals surface area contributed by atoms with E-state index in [1.165, 1.54) is 12.3 Å². The van der Waals surface area contributed by atoms with Crippen molar-refractivity contribution in [2.75, 3.05) is 6.54 Å². The van der Waals surface area contributed by atoms with E-state index in [1.807, 2.05) is 30.3 Å². The van der Waals surface area contributed by atoms with Crippen LogP contribution in [-0.2, 0) is 11.3 Å². The van der Waals surface area contributed by atoms with Crippen molar-refractivity contribution in [1.82, 2.24) is 15.2 Å². The Morgan fingerprint density at radius 2 is 2.00 bits per heavy atom. The molecule has 3 aromatic rings. The molecule has 2 heterocycles. The van der Waals surface area contributed by atoms with Gasteiger partial charge in [0, 0.05) is 25.7 Å². The van der Waals surface area contributed by atoms with Crippen LogP contribution < -0.4 is 5.32 Å². The third-order valence-corrected chi connectivity index (χ3v) is 4.93. The van der Waals surface area contributed by atoms with Gasteiger partial charge in [-0.05, 0) is 28.5 Å². The molecule has 0 radical (unpaired) electrons. The van der Waals surface area contributed by atoms with E-state index in [4.69, 9.17) is 5.26 Å². The van der Waals surface area contributed by atoms with Crippen LogP contribution in [0.4, 0.5) is 0 Å². The van der Waals surface area contributed by atoms with Crippen molar-refractivity contribution in [3.63, 3.8) is 0 Å². The van der Waals surface area contributed by atoms with E-state index >= 15 is 0 Å². The van der Waals surface area contributed by atoms with Crippen molar-refractivity contribution in [1.29, 1.82) is 5.26 Å². The maximum Gasteiger partial charge on any atom is 0.253 e. The highest BCUT2D eigenvalue weighted by atomic mass is 16.2. The van der Waals surface area contributed by atoms with E-state index in [9.17, 15) is 9.59 Å². The molecular formula is C22H18N4O2. The van der Waals surface area contributed by atoms with E-state index in [0.29, 0.717) is 18.7 Å². The number of benzene rings is 2. The Balaban J connectivity index is 1.43. The number of aromatic nitrogens is 1. The van der Waals surface area contributed by atoms with Gasteiger partial charge in [-0.2, -0.15) is 5.26 Å². The van der Waals surface area contributed by atoms with Gasteiger partial charge in [-0.3, -0.25) is 9.59 Å². The van der Waals surface area contributed by atoms with Gasteiger partial charge in [-0.15, -0.1) is 0 Å². The minimum Gasteiger partial charge on any atom is -0.347 e. The Kier molecular flexibility index (Phi) is 4.73. The van der Waals surface area contributed by atoms with Crippen LogP contribution in [0.25, 0.3) is 10.8 Å². The zero-order chi connectivity index (χ0) is 19.5. The average molecular weight is 370 g/mol. The minimum absolute atomic E-state index is 0.0242. The van der Waals surface area contributed by atoms with Gasteiger partial charge in [-0.1, -0.05) is 42.5 Å². The van der Waals surface area contributed by atoms with Gasteiger partial charge >= 0.3 is 0 Å². The second-order valence-corrected chi connectivity index (χ2v) is 6.83. The minimum atomic E-state index is -0.290. The second-order valence-electron chi connectivity index (χ2n) is 6.83. The number of amides is 2. The molecule has 0 aliphatic carbocycles. The first kappa shape index (κ1) is 17.7. The molecule has 1 fully saturated rings. The molecule has 0 saturated carbocycles. The summed E-state index contributed by atoms with van der Waals surface area (Å²) in [6.45, 7) is 0.989. The molecule has 28 heavy (non-hydrogen) atoms. The number of nitriles is 1. The lowest BCUT2D eigenvalue weighted by Crippen LogP contribution is -2.37. The van der Waals surface area contributed by atoms with Gasteiger partial charge in [0.15, 0.2) is 0 Å². The number of hydrogen-bond acceptors (Lipinski definition) is 4. The van der Waals surface area contributed by atoms with Crippen molar-refractivity contribution in [2.24, 2.45) is 0 Å². The Morgan fingerprint density at radius 3 is 2.79 bits per heavy atom. The largest absolute Gasteiger partial charge is 0.347 e. The monoisotopic (exact) mass is 370 g/mol. The van der Waals surface area contributed by atoms with Crippen molar-refractivity contribution >= 4 is 22.6 Å². The molecule has 6 heteroatoms. The Labute approximate surface area is 162 Å². The fourth-order valence-corrected chi connectivity index (χ4v) is 3.52. The van der Waals surface area contributed by atoms with Gasteiger partial charge < -0.3 is 10.2 Å². The SMILES string of the molecule is N#Cc1ccc(C(=O)NC2CC(=O)N(Cc3cccc4ccccc34)C2)cn1. The van der Waals surface area contributed by atoms with E-state index in [-0.39, 0.29) is 30.0 Å². The van der Waals surface area contributed by atoms with Crippen LogP contribution in [-0.4, -0.2) is 34.3 Å². The summed E-state index contributed by atoms with van der Waals surface area (Å²) < 4.78 is 0. The molecule has 1 N–H and O–H groups in total. The second kappa shape index (κ2) is 7.49. The smallest absolute Gasteiger partial charge is 0.253 e. The predicted molar refractivity (Wildman–Crippen MR) is 104 cm³/mol. The summed E-state index contributed by atoms with van der Waals surface area (Å²) in [5.74, 6) is -0.266. The third kappa shape index (κ3) is 3.55. The predicted octanol–water partition coefficient (Wildman–Crippen LogP) is 2.64. The van der Waals surface area contributed by atoms with Crippen LogP contribution in [0.2, 0.25) is 0 Å².